The molecule has 1 heterocycles. The summed E-state index contributed by atoms with van der Waals surface area (Å²) in [6, 6.07) is 0.0351. The van der Waals surface area contributed by atoms with Crippen molar-refractivity contribution in [1.29, 1.82) is 0 Å². The highest BCUT2D eigenvalue weighted by molar-refractivity contribution is 7.84. The van der Waals surface area contributed by atoms with Gasteiger partial charge in [0, 0.05) is 41.8 Å². The molecule has 2 amide bonds. The molecule has 0 radical (unpaired) electrons. The second-order valence-electron chi connectivity index (χ2n) is 6.35. The standard InChI is InChI=1S/C15H26N2O3S/c1-12(7-11-21(2)20)17-10-6-13(18)16-15(14(17)19)8-4-3-5-9-15/h12H,3-11H2,1-2H3,(H,16,18). The van der Waals surface area contributed by atoms with Crippen LogP contribution in [0.1, 0.15) is 51.9 Å². The molecular weight excluding hydrogens is 288 g/mol. The van der Waals surface area contributed by atoms with Crippen LogP contribution in [0.4, 0.5) is 0 Å². The fourth-order valence-electron chi connectivity index (χ4n) is 3.39. The Hall–Kier alpha value is -0.910. The van der Waals surface area contributed by atoms with Crippen molar-refractivity contribution in [3.63, 3.8) is 0 Å². The first-order valence-electron chi connectivity index (χ1n) is 7.87. The summed E-state index contributed by atoms with van der Waals surface area (Å²) in [6.45, 7) is 2.47. The predicted octanol–water partition coefficient (Wildman–Crippen LogP) is 1.19. The van der Waals surface area contributed by atoms with Crippen LogP contribution in [-0.2, 0) is 20.4 Å². The number of nitrogens with one attached hydrogen (secondary N) is 1. The Morgan fingerprint density at radius 3 is 2.57 bits per heavy atom. The Bertz CT molecular complexity index is 433. The van der Waals surface area contributed by atoms with Gasteiger partial charge in [-0.2, -0.15) is 0 Å². The lowest BCUT2D eigenvalue weighted by Crippen LogP contribution is -2.59. The van der Waals surface area contributed by atoms with Gasteiger partial charge in [-0.25, -0.2) is 0 Å². The highest BCUT2D eigenvalue weighted by atomic mass is 32.2. The Morgan fingerprint density at radius 1 is 1.29 bits per heavy atom. The van der Waals surface area contributed by atoms with E-state index in [0.717, 1.165) is 38.5 Å². The lowest BCUT2D eigenvalue weighted by atomic mass is 9.80. The average molecular weight is 314 g/mol. The summed E-state index contributed by atoms with van der Waals surface area (Å²) < 4.78 is 11.3. The van der Waals surface area contributed by atoms with Gasteiger partial charge < -0.3 is 10.2 Å². The molecule has 2 unspecified atom stereocenters. The van der Waals surface area contributed by atoms with E-state index >= 15 is 0 Å². The lowest BCUT2D eigenvalue weighted by molar-refractivity contribution is -0.142. The number of carbonyl (C=O) groups is 2. The van der Waals surface area contributed by atoms with Gasteiger partial charge in [0.15, 0.2) is 0 Å². The maximum absolute atomic E-state index is 13.0. The summed E-state index contributed by atoms with van der Waals surface area (Å²) in [4.78, 5) is 26.8. The third-order valence-electron chi connectivity index (χ3n) is 4.69. The zero-order valence-electron chi connectivity index (χ0n) is 13.0. The van der Waals surface area contributed by atoms with Crippen molar-refractivity contribution < 1.29 is 13.8 Å². The van der Waals surface area contributed by atoms with Crippen LogP contribution in [0.2, 0.25) is 0 Å². The fourth-order valence-corrected chi connectivity index (χ4v) is 4.06. The average Bonchev–Trinajstić information content (AvgIpc) is 2.56. The number of amides is 2. The smallest absolute Gasteiger partial charge is 0.248 e. The topological polar surface area (TPSA) is 66.5 Å². The Morgan fingerprint density at radius 2 is 1.95 bits per heavy atom. The number of carbonyl (C=O) groups excluding carboxylic acids is 2. The molecule has 2 fully saturated rings. The van der Waals surface area contributed by atoms with Crippen molar-refractivity contribution in [2.24, 2.45) is 0 Å². The minimum Gasteiger partial charge on any atom is -0.342 e. The molecule has 1 N–H and O–H groups in total. The van der Waals surface area contributed by atoms with Gasteiger partial charge in [-0.05, 0) is 26.2 Å². The first kappa shape index (κ1) is 16.5. The number of hydrogen-bond donors (Lipinski definition) is 1. The molecule has 21 heavy (non-hydrogen) atoms. The molecule has 0 aromatic rings. The van der Waals surface area contributed by atoms with E-state index in [1.54, 1.807) is 6.26 Å². The van der Waals surface area contributed by atoms with Crippen LogP contribution in [-0.4, -0.2) is 51.1 Å². The molecule has 1 saturated carbocycles. The van der Waals surface area contributed by atoms with E-state index in [1.807, 2.05) is 11.8 Å². The molecule has 0 aromatic heterocycles. The molecule has 2 aliphatic rings. The molecule has 0 aromatic carbocycles. The Balaban J connectivity index is 2.14. The van der Waals surface area contributed by atoms with Crippen LogP contribution in [0, 0.1) is 0 Å². The molecule has 5 nitrogen and oxygen atoms in total. The zero-order chi connectivity index (χ0) is 15.5. The van der Waals surface area contributed by atoms with E-state index in [9.17, 15) is 13.8 Å². The van der Waals surface area contributed by atoms with E-state index in [2.05, 4.69) is 5.32 Å². The second kappa shape index (κ2) is 6.90. The van der Waals surface area contributed by atoms with Gasteiger partial charge in [0.05, 0.1) is 0 Å². The maximum atomic E-state index is 13.0. The normalized spacial score (nSPS) is 25.3. The molecule has 1 saturated heterocycles. The van der Waals surface area contributed by atoms with E-state index in [0.29, 0.717) is 18.7 Å². The minimum absolute atomic E-state index is 0.0148. The van der Waals surface area contributed by atoms with Crippen molar-refractivity contribution >= 4 is 22.6 Å². The van der Waals surface area contributed by atoms with Crippen LogP contribution in [0.15, 0.2) is 0 Å². The summed E-state index contributed by atoms with van der Waals surface area (Å²) in [6.07, 6.45) is 7.40. The van der Waals surface area contributed by atoms with Crippen molar-refractivity contribution in [3.05, 3.63) is 0 Å². The molecule has 1 aliphatic heterocycles. The summed E-state index contributed by atoms with van der Waals surface area (Å²) >= 11 is 0. The summed E-state index contributed by atoms with van der Waals surface area (Å²) in [5.74, 6) is 0.653. The Labute approximate surface area is 129 Å². The number of rotatable bonds is 4. The molecule has 120 valence electrons. The van der Waals surface area contributed by atoms with E-state index in [1.165, 1.54) is 0 Å². The van der Waals surface area contributed by atoms with E-state index in [-0.39, 0.29) is 17.9 Å². The summed E-state index contributed by atoms with van der Waals surface area (Å²) in [7, 11) is -0.847. The van der Waals surface area contributed by atoms with Gasteiger partial charge in [0.25, 0.3) is 0 Å². The molecule has 1 aliphatic carbocycles. The predicted molar refractivity (Wildman–Crippen MR) is 83.3 cm³/mol. The molecule has 2 atom stereocenters. The number of nitrogens with zero attached hydrogens (tertiary/aromatic N) is 1. The summed E-state index contributed by atoms with van der Waals surface area (Å²) in [5, 5.41) is 3.00. The molecule has 2 rings (SSSR count). The molecule has 1 spiro atoms. The van der Waals surface area contributed by atoms with Crippen molar-refractivity contribution in [1.82, 2.24) is 10.2 Å². The molecule has 6 heteroatoms. The fraction of sp³-hybridized carbons (Fsp3) is 0.867. The highest BCUT2D eigenvalue weighted by Crippen LogP contribution is 2.32. The number of hydrogen-bond acceptors (Lipinski definition) is 3. The largest absolute Gasteiger partial charge is 0.342 e. The van der Waals surface area contributed by atoms with Gasteiger partial charge in [-0.3, -0.25) is 13.8 Å². The van der Waals surface area contributed by atoms with Crippen LogP contribution < -0.4 is 5.32 Å². The van der Waals surface area contributed by atoms with Gasteiger partial charge in [0.2, 0.25) is 11.8 Å². The van der Waals surface area contributed by atoms with Gasteiger partial charge >= 0.3 is 0 Å². The highest BCUT2D eigenvalue weighted by Gasteiger charge is 2.45. The van der Waals surface area contributed by atoms with E-state index in [4.69, 9.17) is 0 Å². The monoisotopic (exact) mass is 314 g/mol. The molecule has 0 bridgehead atoms. The van der Waals surface area contributed by atoms with Crippen molar-refractivity contribution in [2.75, 3.05) is 18.6 Å². The van der Waals surface area contributed by atoms with Crippen molar-refractivity contribution in [3.8, 4) is 0 Å². The Kier molecular flexibility index (Phi) is 5.41. The zero-order valence-corrected chi connectivity index (χ0v) is 13.8. The van der Waals surface area contributed by atoms with Crippen LogP contribution in [0.5, 0.6) is 0 Å². The van der Waals surface area contributed by atoms with Gasteiger partial charge in [-0.1, -0.05) is 19.3 Å². The maximum Gasteiger partial charge on any atom is 0.248 e. The van der Waals surface area contributed by atoms with Crippen LogP contribution in [0.25, 0.3) is 0 Å². The first-order valence-corrected chi connectivity index (χ1v) is 9.59. The van der Waals surface area contributed by atoms with E-state index < -0.39 is 16.3 Å². The van der Waals surface area contributed by atoms with Crippen molar-refractivity contribution in [2.45, 2.75) is 63.5 Å². The first-order chi connectivity index (χ1) is 9.94. The van der Waals surface area contributed by atoms with Crippen LogP contribution in [0.3, 0.4) is 0 Å². The second-order valence-corrected chi connectivity index (χ2v) is 7.91. The lowest BCUT2D eigenvalue weighted by Gasteiger charge is -2.40. The SMILES string of the molecule is CC(CCS(C)=O)N1CCC(=O)NC2(CCCCC2)C1=O. The summed E-state index contributed by atoms with van der Waals surface area (Å²) in [5.41, 5.74) is -0.675. The third kappa shape index (κ3) is 3.84. The molecular formula is C15H26N2O3S. The third-order valence-corrected chi connectivity index (χ3v) is 5.50. The van der Waals surface area contributed by atoms with Gasteiger partial charge in [0.1, 0.15) is 5.54 Å². The van der Waals surface area contributed by atoms with Crippen LogP contribution >= 0.6 is 0 Å². The van der Waals surface area contributed by atoms with Gasteiger partial charge in [-0.15, -0.1) is 0 Å². The quantitative estimate of drug-likeness (QED) is 0.848. The minimum atomic E-state index is -0.847.